The van der Waals surface area contributed by atoms with E-state index in [1.54, 1.807) is 45.2 Å². The largest absolute Gasteiger partial charge is 0.480 e. The summed E-state index contributed by atoms with van der Waals surface area (Å²) in [5.74, 6) is -0.489. The van der Waals surface area contributed by atoms with Crippen LogP contribution in [-0.4, -0.2) is 41.6 Å². The molecule has 1 unspecified atom stereocenters. The van der Waals surface area contributed by atoms with Crippen LogP contribution in [-0.2, 0) is 28.3 Å². The Morgan fingerprint density at radius 3 is 2.34 bits per heavy atom. The molecule has 0 spiro atoms. The third kappa shape index (κ3) is 4.72. The Balaban J connectivity index is 1.88. The van der Waals surface area contributed by atoms with E-state index in [2.05, 4.69) is 4.98 Å². The number of carbonyl (C=O) groups is 1. The average Bonchev–Trinajstić information content (AvgIpc) is 3.34. The number of aliphatic carboxylic acids is 1. The fourth-order valence-corrected chi connectivity index (χ4v) is 6.90. The highest BCUT2D eigenvalue weighted by Gasteiger charge is 2.44. The minimum Gasteiger partial charge on any atom is -0.480 e. The van der Waals surface area contributed by atoms with Crippen molar-refractivity contribution in [3.05, 3.63) is 64.4 Å². The van der Waals surface area contributed by atoms with Crippen molar-refractivity contribution in [3.8, 4) is 0 Å². The summed E-state index contributed by atoms with van der Waals surface area (Å²) in [4.78, 5) is 18.8. The maximum absolute atomic E-state index is 13.9. The molecular weight excluding hydrogens is 511 g/mol. The zero-order valence-corrected chi connectivity index (χ0v) is 22.1. The number of carboxylic acids is 1. The molecule has 1 aliphatic heterocycles. The van der Waals surface area contributed by atoms with Gasteiger partial charge in [-0.15, -0.1) is 0 Å². The zero-order valence-electron chi connectivity index (χ0n) is 19.7. The smallest absolute Gasteiger partial charge is 0.328 e. The van der Waals surface area contributed by atoms with E-state index in [0.29, 0.717) is 13.0 Å². The molecule has 0 saturated carbocycles. The Labute approximate surface area is 214 Å². The molecule has 2 aromatic carbocycles. The first-order valence-electron chi connectivity index (χ1n) is 10.9. The van der Waals surface area contributed by atoms with Gasteiger partial charge in [0.15, 0.2) is 0 Å². The highest BCUT2D eigenvalue weighted by molar-refractivity contribution is 7.93. The van der Waals surface area contributed by atoms with Crippen molar-refractivity contribution < 1.29 is 18.3 Å². The standard InChI is InChI=1S/C24H26Cl2N4O4S/c1-24(2,3)21(22(31)32)30(35(33,34)19-13-16(25)12-17(26)14-19)18-5-6-20-15(11-18)7-9-29(20)23-27-8-10-28(23)4/h5-6,8,10-14,21H,7,9H2,1-4H3,(H,31,32). The Morgan fingerprint density at radius 1 is 1.14 bits per heavy atom. The number of hydrogen-bond acceptors (Lipinski definition) is 5. The van der Waals surface area contributed by atoms with Gasteiger partial charge in [0.05, 0.1) is 10.6 Å². The molecule has 1 N–H and O–H groups in total. The van der Waals surface area contributed by atoms with Crippen LogP contribution in [0.2, 0.25) is 10.0 Å². The van der Waals surface area contributed by atoms with Crippen molar-refractivity contribution >= 4 is 56.5 Å². The van der Waals surface area contributed by atoms with Crippen LogP contribution in [0.4, 0.5) is 17.3 Å². The number of halogens is 2. The average molecular weight is 537 g/mol. The summed E-state index contributed by atoms with van der Waals surface area (Å²) in [6.07, 6.45) is 4.22. The van der Waals surface area contributed by atoms with Gasteiger partial charge >= 0.3 is 5.97 Å². The summed E-state index contributed by atoms with van der Waals surface area (Å²) in [6, 6.07) is 7.75. The molecule has 0 aliphatic carbocycles. The summed E-state index contributed by atoms with van der Waals surface area (Å²) >= 11 is 12.2. The Kier molecular flexibility index (Phi) is 6.54. The Hall–Kier alpha value is -2.75. The number of rotatable bonds is 6. The number of fused-ring (bicyclic) bond motifs is 1. The van der Waals surface area contributed by atoms with E-state index >= 15 is 0 Å². The number of aryl methyl sites for hydroxylation is 1. The lowest BCUT2D eigenvalue weighted by Crippen LogP contribution is -2.52. The third-order valence-corrected chi connectivity index (χ3v) is 8.14. The van der Waals surface area contributed by atoms with Crippen molar-refractivity contribution in [2.24, 2.45) is 12.5 Å². The molecule has 0 amide bonds. The number of carboxylic acid groups (broad SMARTS) is 1. The highest BCUT2D eigenvalue weighted by atomic mass is 35.5. The predicted octanol–water partition coefficient (Wildman–Crippen LogP) is 5.12. The molecule has 3 aromatic rings. The van der Waals surface area contributed by atoms with Gasteiger partial charge in [-0.05, 0) is 53.8 Å². The Morgan fingerprint density at radius 2 is 1.80 bits per heavy atom. The van der Waals surface area contributed by atoms with E-state index in [0.717, 1.165) is 21.5 Å². The molecule has 1 aromatic heterocycles. The van der Waals surface area contributed by atoms with E-state index in [4.69, 9.17) is 23.2 Å². The maximum Gasteiger partial charge on any atom is 0.328 e. The van der Waals surface area contributed by atoms with Gasteiger partial charge in [0.1, 0.15) is 6.04 Å². The monoisotopic (exact) mass is 536 g/mol. The van der Waals surface area contributed by atoms with Crippen LogP contribution < -0.4 is 9.21 Å². The van der Waals surface area contributed by atoms with Crippen LogP contribution >= 0.6 is 23.2 Å². The number of imidazole rings is 1. The van der Waals surface area contributed by atoms with E-state index in [-0.39, 0.29) is 20.6 Å². The van der Waals surface area contributed by atoms with E-state index in [1.807, 2.05) is 22.7 Å². The SMILES string of the molecule is Cn1ccnc1N1CCc2cc(N(C(C(=O)O)C(C)(C)C)S(=O)(=O)c3cc(Cl)cc(Cl)c3)ccc21. The molecule has 8 nitrogen and oxygen atoms in total. The molecule has 0 fully saturated rings. The number of sulfonamides is 1. The van der Waals surface area contributed by atoms with Gasteiger partial charge in [-0.2, -0.15) is 0 Å². The quantitative estimate of drug-likeness (QED) is 0.469. The fourth-order valence-electron chi connectivity index (χ4n) is 4.39. The first kappa shape index (κ1) is 25.3. The second-order valence-electron chi connectivity index (χ2n) is 9.57. The summed E-state index contributed by atoms with van der Waals surface area (Å²) in [5, 5.41) is 10.4. The van der Waals surface area contributed by atoms with Crippen molar-refractivity contribution in [2.75, 3.05) is 15.7 Å². The second kappa shape index (κ2) is 9.04. The fraction of sp³-hybridized carbons (Fsp3) is 0.333. The molecule has 35 heavy (non-hydrogen) atoms. The van der Waals surface area contributed by atoms with Crippen molar-refractivity contribution in [2.45, 2.75) is 38.1 Å². The summed E-state index contributed by atoms with van der Waals surface area (Å²) in [5.41, 5.74) is 1.12. The van der Waals surface area contributed by atoms with Gasteiger partial charge in [-0.1, -0.05) is 44.0 Å². The van der Waals surface area contributed by atoms with Crippen LogP contribution in [0.3, 0.4) is 0 Å². The minimum atomic E-state index is -4.35. The molecule has 0 bridgehead atoms. The summed E-state index contributed by atoms with van der Waals surface area (Å²) < 4.78 is 30.8. The molecule has 186 valence electrons. The number of aromatic nitrogens is 2. The topological polar surface area (TPSA) is 95.7 Å². The number of hydrogen-bond donors (Lipinski definition) is 1. The highest BCUT2D eigenvalue weighted by Crippen LogP contribution is 2.40. The molecule has 11 heteroatoms. The number of benzene rings is 2. The molecule has 2 heterocycles. The third-order valence-electron chi connectivity index (χ3n) is 5.93. The maximum atomic E-state index is 13.9. The molecular formula is C24H26Cl2N4O4S. The van der Waals surface area contributed by atoms with Crippen molar-refractivity contribution in [1.82, 2.24) is 9.55 Å². The minimum absolute atomic E-state index is 0.137. The van der Waals surface area contributed by atoms with Crippen LogP contribution in [0.15, 0.2) is 53.7 Å². The second-order valence-corrected chi connectivity index (χ2v) is 12.3. The van der Waals surface area contributed by atoms with E-state index in [9.17, 15) is 18.3 Å². The zero-order chi connectivity index (χ0) is 25.7. The molecule has 4 rings (SSSR count). The van der Waals surface area contributed by atoms with E-state index < -0.39 is 27.4 Å². The predicted molar refractivity (Wildman–Crippen MR) is 137 cm³/mol. The summed E-state index contributed by atoms with van der Waals surface area (Å²) in [7, 11) is -2.45. The molecule has 0 saturated heterocycles. The van der Waals surface area contributed by atoms with Crippen LogP contribution in [0.1, 0.15) is 26.3 Å². The molecule has 0 radical (unpaired) electrons. The number of nitrogens with zero attached hydrogens (tertiary/aromatic N) is 4. The first-order valence-corrected chi connectivity index (χ1v) is 13.1. The number of anilines is 3. The normalized spacial score (nSPS) is 14.6. The first-order chi connectivity index (χ1) is 16.3. The lowest BCUT2D eigenvalue weighted by atomic mass is 9.86. The van der Waals surface area contributed by atoms with Gasteiger partial charge in [0.25, 0.3) is 10.0 Å². The van der Waals surface area contributed by atoms with Gasteiger partial charge in [0, 0.05) is 41.7 Å². The van der Waals surface area contributed by atoms with Crippen molar-refractivity contribution in [3.63, 3.8) is 0 Å². The van der Waals surface area contributed by atoms with Crippen LogP contribution in [0.25, 0.3) is 0 Å². The lowest BCUT2D eigenvalue weighted by molar-refractivity contribution is -0.140. The van der Waals surface area contributed by atoms with Gasteiger partial charge in [0.2, 0.25) is 5.95 Å². The molecule has 1 atom stereocenters. The van der Waals surface area contributed by atoms with Gasteiger partial charge < -0.3 is 14.6 Å². The van der Waals surface area contributed by atoms with Crippen LogP contribution in [0, 0.1) is 5.41 Å². The van der Waals surface area contributed by atoms with E-state index in [1.165, 1.54) is 18.2 Å². The van der Waals surface area contributed by atoms with Crippen LogP contribution in [0.5, 0.6) is 0 Å². The summed E-state index contributed by atoms with van der Waals surface area (Å²) in [6.45, 7) is 5.74. The lowest BCUT2D eigenvalue weighted by Gasteiger charge is -2.38. The Bertz CT molecular complexity index is 1380. The van der Waals surface area contributed by atoms with Gasteiger partial charge in [-0.3, -0.25) is 4.31 Å². The van der Waals surface area contributed by atoms with Crippen molar-refractivity contribution in [1.29, 1.82) is 0 Å². The van der Waals surface area contributed by atoms with Gasteiger partial charge in [-0.25, -0.2) is 18.2 Å². The molecule has 1 aliphatic rings.